The first kappa shape index (κ1) is 35.2. The maximum absolute atomic E-state index is 6.17. The second kappa shape index (κ2) is 14.4. The molecule has 0 amide bonds. The number of pyridine rings is 2. The number of hydrogen-bond acceptors (Lipinski definition) is 2. The Kier molecular flexibility index (Phi) is 11.0. The third-order valence-electron chi connectivity index (χ3n) is 8.62. The van der Waals surface area contributed by atoms with E-state index in [2.05, 4.69) is 176 Å². The number of hydrogen-bond donors (Lipinski definition) is 0. The smallest absolute Gasteiger partial charge is 0.210 e. The van der Waals surface area contributed by atoms with E-state index in [1.165, 1.54) is 24.0 Å². The van der Waals surface area contributed by atoms with Gasteiger partial charge in [-0.3, -0.25) is 0 Å². The third kappa shape index (κ3) is 11.3. The van der Waals surface area contributed by atoms with Crippen LogP contribution in [0.15, 0.2) is 97.6 Å². The lowest BCUT2D eigenvalue weighted by Crippen LogP contribution is -2.29. The van der Waals surface area contributed by atoms with Gasteiger partial charge in [0.2, 0.25) is 11.4 Å². The van der Waals surface area contributed by atoms with Gasteiger partial charge in [0.25, 0.3) is 0 Å². The first-order valence-electron chi connectivity index (χ1n) is 17.0. The predicted molar refractivity (Wildman–Crippen MR) is 191 cm³/mol. The summed E-state index contributed by atoms with van der Waals surface area (Å²) in [5, 5.41) is 0. The summed E-state index contributed by atoms with van der Waals surface area (Å²) in [7, 11) is 0. The Morgan fingerprint density at radius 3 is 1.00 bits per heavy atom. The quantitative estimate of drug-likeness (QED) is 0.139. The Morgan fingerprint density at radius 2 is 0.717 bits per heavy atom. The Labute approximate surface area is 279 Å². The van der Waals surface area contributed by atoms with Gasteiger partial charge in [-0.1, -0.05) is 69.2 Å². The first-order valence-corrected chi connectivity index (χ1v) is 17.0. The molecule has 0 aliphatic rings. The molecule has 4 heteroatoms. The molecule has 0 unspecified atom stereocenters. The fraction of sp³-hybridized carbons (Fsp3) is 0.476. The van der Waals surface area contributed by atoms with Crippen molar-refractivity contribution >= 4 is 0 Å². The van der Waals surface area contributed by atoms with Gasteiger partial charge in [0.05, 0.1) is 13.2 Å². The molecule has 0 aliphatic heterocycles. The zero-order chi connectivity index (χ0) is 33.6. The Hall–Kier alpha value is -3.66. The van der Waals surface area contributed by atoms with Gasteiger partial charge in [0, 0.05) is 48.5 Å². The van der Waals surface area contributed by atoms with Crippen LogP contribution >= 0.6 is 0 Å². The van der Waals surface area contributed by atoms with Gasteiger partial charge in [-0.15, -0.1) is 0 Å². The zero-order valence-electron chi connectivity index (χ0n) is 30.2. The molecule has 0 N–H and O–H groups in total. The normalized spacial score (nSPS) is 12.7. The van der Waals surface area contributed by atoms with Crippen molar-refractivity contribution in [3.05, 3.63) is 97.6 Å². The molecule has 0 saturated heterocycles. The van der Waals surface area contributed by atoms with Crippen molar-refractivity contribution in [2.75, 3.05) is 13.2 Å². The van der Waals surface area contributed by atoms with Crippen LogP contribution in [0.1, 0.15) is 94.9 Å². The van der Waals surface area contributed by atoms with E-state index in [0.29, 0.717) is 10.8 Å². The Bertz CT molecular complexity index is 1390. The monoisotopic (exact) mass is 622 g/mol. The molecule has 246 valence electrons. The summed E-state index contributed by atoms with van der Waals surface area (Å²) >= 11 is 0. The highest BCUT2D eigenvalue weighted by atomic mass is 16.5. The standard InChI is InChI=1S/C42H58N2O2/c1-39(2,3)23-25-41(7,8)31-45-37-15-11-35(12-16-37)43-27-19-33(20-28-43)34-21-29-44(30-22-34)36-13-17-38(18-14-36)46-32-42(9,10)26-24-40(4,5)6/h11-22,27-30H,23-26,31-32H2,1-10H3/q+2. The van der Waals surface area contributed by atoms with Crippen LogP contribution in [0.5, 0.6) is 11.5 Å². The van der Waals surface area contributed by atoms with Gasteiger partial charge >= 0.3 is 0 Å². The van der Waals surface area contributed by atoms with Crippen molar-refractivity contribution in [3.8, 4) is 34.0 Å². The fourth-order valence-corrected chi connectivity index (χ4v) is 5.14. The highest BCUT2D eigenvalue weighted by Crippen LogP contribution is 2.32. The molecule has 2 aromatic heterocycles. The number of aromatic nitrogens is 2. The summed E-state index contributed by atoms with van der Waals surface area (Å²) in [5.41, 5.74) is 5.57. The molecule has 0 spiro atoms. The van der Waals surface area contributed by atoms with E-state index in [0.717, 1.165) is 48.9 Å². The average molecular weight is 623 g/mol. The van der Waals surface area contributed by atoms with Crippen molar-refractivity contribution in [1.29, 1.82) is 0 Å². The predicted octanol–water partition coefficient (Wildman–Crippen LogP) is 10.4. The molecule has 2 aromatic carbocycles. The molecule has 2 heterocycles. The van der Waals surface area contributed by atoms with Gasteiger partial charge < -0.3 is 9.47 Å². The van der Waals surface area contributed by atoms with E-state index in [1.807, 2.05) is 0 Å². The molecule has 0 atom stereocenters. The topological polar surface area (TPSA) is 26.2 Å². The van der Waals surface area contributed by atoms with Crippen LogP contribution in [0.4, 0.5) is 0 Å². The van der Waals surface area contributed by atoms with Crippen LogP contribution in [0.3, 0.4) is 0 Å². The minimum absolute atomic E-state index is 0.149. The van der Waals surface area contributed by atoms with Crippen molar-refractivity contribution in [2.24, 2.45) is 21.7 Å². The molecule has 0 saturated carbocycles. The van der Waals surface area contributed by atoms with Gasteiger partial charge in [-0.2, -0.15) is 9.13 Å². The van der Waals surface area contributed by atoms with Crippen LogP contribution in [-0.4, -0.2) is 13.2 Å². The molecule has 4 nitrogen and oxygen atoms in total. The fourth-order valence-electron chi connectivity index (χ4n) is 5.14. The minimum Gasteiger partial charge on any atom is -0.493 e. The molecule has 0 aliphatic carbocycles. The molecular weight excluding hydrogens is 564 g/mol. The Morgan fingerprint density at radius 1 is 0.413 bits per heavy atom. The number of rotatable bonds is 13. The summed E-state index contributed by atoms with van der Waals surface area (Å²) in [6.45, 7) is 24.4. The second-order valence-electron chi connectivity index (χ2n) is 17.0. The second-order valence-corrected chi connectivity index (χ2v) is 17.0. The molecule has 0 fully saturated rings. The lowest BCUT2D eigenvalue weighted by Gasteiger charge is -2.28. The van der Waals surface area contributed by atoms with Gasteiger partial charge in [-0.05, 0) is 82.7 Å². The number of ether oxygens (including phenoxy) is 2. The summed E-state index contributed by atoms with van der Waals surface area (Å²) in [4.78, 5) is 0. The highest BCUT2D eigenvalue weighted by molar-refractivity contribution is 5.61. The van der Waals surface area contributed by atoms with Crippen LogP contribution in [-0.2, 0) is 0 Å². The molecule has 46 heavy (non-hydrogen) atoms. The van der Waals surface area contributed by atoms with E-state index >= 15 is 0 Å². The van der Waals surface area contributed by atoms with Gasteiger partial charge in [0.15, 0.2) is 24.8 Å². The van der Waals surface area contributed by atoms with Crippen LogP contribution in [0.2, 0.25) is 0 Å². The third-order valence-corrected chi connectivity index (χ3v) is 8.62. The van der Waals surface area contributed by atoms with E-state index < -0.39 is 0 Å². The van der Waals surface area contributed by atoms with E-state index in [4.69, 9.17) is 9.47 Å². The van der Waals surface area contributed by atoms with Crippen LogP contribution in [0, 0.1) is 21.7 Å². The highest BCUT2D eigenvalue weighted by Gasteiger charge is 2.24. The number of nitrogens with zero attached hydrogens (tertiary/aromatic N) is 2. The first-order chi connectivity index (χ1) is 21.5. The van der Waals surface area contributed by atoms with E-state index in [1.54, 1.807) is 0 Å². The van der Waals surface area contributed by atoms with Crippen molar-refractivity contribution in [1.82, 2.24) is 0 Å². The summed E-state index contributed by atoms with van der Waals surface area (Å²) in [6, 6.07) is 25.4. The van der Waals surface area contributed by atoms with E-state index in [9.17, 15) is 0 Å². The molecular formula is C42H58N2O2+2. The van der Waals surface area contributed by atoms with Gasteiger partial charge in [-0.25, -0.2) is 0 Å². The number of benzene rings is 2. The minimum atomic E-state index is 0.149. The van der Waals surface area contributed by atoms with Crippen LogP contribution < -0.4 is 18.6 Å². The van der Waals surface area contributed by atoms with Crippen molar-refractivity contribution in [3.63, 3.8) is 0 Å². The maximum atomic E-state index is 6.17. The van der Waals surface area contributed by atoms with Crippen molar-refractivity contribution < 1.29 is 18.6 Å². The summed E-state index contributed by atoms with van der Waals surface area (Å²) in [5.74, 6) is 1.83. The molecule has 0 radical (unpaired) electrons. The summed E-state index contributed by atoms with van der Waals surface area (Å²) < 4.78 is 16.6. The molecule has 4 rings (SSSR count). The molecule has 0 bridgehead atoms. The van der Waals surface area contributed by atoms with E-state index in [-0.39, 0.29) is 10.8 Å². The van der Waals surface area contributed by atoms with Gasteiger partial charge in [0.1, 0.15) is 11.5 Å². The Balaban J connectivity index is 1.31. The van der Waals surface area contributed by atoms with Crippen LogP contribution in [0.25, 0.3) is 22.5 Å². The SMILES string of the molecule is CC(C)(C)CCC(C)(C)COc1ccc(-[n+]2ccc(-c3cc[n+](-c4ccc(OCC(C)(C)CCC(C)(C)C)cc4)cc3)cc2)cc1. The maximum Gasteiger partial charge on any atom is 0.210 e. The zero-order valence-corrected chi connectivity index (χ0v) is 30.2. The lowest BCUT2D eigenvalue weighted by molar-refractivity contribution is -0.596. The molecule has 4 aromatic rings. The largest absolute Gasteiger partial charge is 0.493 e. The summed E-state index contributed by atoms with van der Waals surface area (Å²) in [6.07, 6.45) is 13.2. The lowest BCUT2D eigenvalue weighted by atomic mass is 9.80. The van der Waals surface area contributed by atoms with Crippen molar-refractivity contribution in [2.45, 2.75) is 94.9 Å². The average Bonchev–Trinajstić information content (AvgIpc) is 3.01.